The minimum Gasteiger partial charge on any atom is -0.504 e. The highest BCUT2D eigenvalue weighted by Crippen LogP contribution is 2.30. The number of allylic oxidation sites excluding steroid dienone is 1. The van der Waals surface area contributed by atoms with E-state index in [1.807, 2.05) is 13.8 Å². The summed E-state index contributed by atoms with van der Waals surface area (Å²) in [6, 6.07) is 10.4. The van der Waals surface area contributed by atoms with Gasteiger partial charge < -0.3 is 19.9 Å². The van der Waals surface area contributed by atoms with E-state index in [9.17, 15) is 14.7 Å². The number of esters is 1. The number of ether oxygens (including phenoxy) is 2. The zero-order chi connectivity index (χ0) is 21.8. The second-order valence-corrected chi connectivity index (χ2v) is 7.27. The number of anilines is 1. The van der Waals surface area contributed by atoms with Gasteiger partial charge in [-0.25, -0.2) is 4.79 Å². The number of hydrogen-bond acceptors (Lipinski definition) is 6. The largest absolute Gasteiger partial charge is 0.504 e. The number of hydrogen-bond donors (Lipinski definition) is 2. The fraction of sp³-hybridized carbons (Fsp3) is 0.304. The van der Waals surface area contributed by atoms with E-state index in [0.29, 0.717) is 16.9 Å². The van der Waals surface area contributed by atoms with Crippen molar-refractivity contribution in [2.45, 2.75) is 33.3 Å². The zero-order valence-electron chi connectivity index (χ0n) is 17.6. The van der Waals surface area contributed by atoms with Crippen LogP contribution in [0.3, 0.4) is 0 Å². The smallest absolute Gasteiger partial charge is 0.349 e. The topological polar surface area (TPSA) is 84.9 Å². The number of carbonyl (C=O) groups excluding carboxylic acids is 2. The summed E-state index contributed by atoms with van der Waals surface area (Å²) in [6.07, 6.45) is 1.42. The van der Waals surface area contributed by atoms with Gasteiger partial charge in [0.1, 0.15) is 5.75 Å². The van der Waals surface area contributed by atoms with E-state index in [1.54, 1.807) is 57.3 Å². The molecule has 0 atom stereocenters. The Labute approximate surface area is 171 Å². The van der Waals surface area contributed by atoms with Crippen LogP contribution in [-0.4, -0.2) is 36.6 Å². The van der Waals surface area contributed by atoms with Gasteiger partial charge in [-0.05, 0) is 86.9 Å². The summed E-state index contributed by atoms with van der Waals surface area (Å²) in [4.78, 5) is 24.4. The number of aliphatic hydroxyl groups is 1. The molecule has 2 aromatic carbocycles. The molecule has 29 heavy (non-hydrogen) atoms. The molecule has 2 aromatic rings. The van der Waals surface area contributed by atoms with Gasteiger partial charge in [0, 0.05) is 18.3 Å². The number of benzene rings is 2. The van der Waals surface area contributed by atoms with Crippen molar-refractivity contribution in [2.24, 2.45) is 0 Å². The first-order valence-corrected chi connectivity index (χ1v) is 9.21. The summed E-state index contributed by atoms with van der Waals surface area (Å²) < 4.78 is 10.7. The molecule has 0 radical (unpaired) electrons. The Balaban J connectivity index is 2.29. The number of carbonyl (C=O) groups is 2. The van der Waals surface area contributed by atoms with Gasteiger partial charge in [-0.3, -0.25) is 4.79 Å². The Hall–Kier alpha value is -3.28. The third-order valence-corrected chi connectivity index (χ3v) is 4.49. The summed E-state index contributed by atoms with van der Waals surface area (Å²) in [5.41, 5.74) is 2.33. The highest BCUT2D eigenvalue weighted by atomic mass is 16.6. The van der Waals surface area contributed by atoms with Crippen LogP contribution in [0.2, 0.25) is 0 Å². The van der Waals surface area contributed by atoms with Crippen molar-refractivity contribution in [3.63, 3.8) is 0 Å². The van der Waals surface area contributed by atoms with Gasteiger partial charge >= 0.3 is 5.97 Å². The highest BCUT2D eigenvalue weighted by molar-refractivity contribution is 6.09. The lowest BCUT2D eigenvalue weighted by Gasteiger charge is -2.25. The van der Waals surface area contributed by atoms with E-state index in [0.717, 1.165) is 16.8 Å². The maximum Gasteiger partial charge on any atom is 0.349 e. The molecule has 0 amide bonds. The molecule has 0 heterocycles. The van der Waals surface area contributed by atoms with Gasteiger partial charge in [0.2, 0.25) is 5.78 Å². The molecule has 6 nitrogen and oxygen atoms in total. The van der Waals surface area contributed by atoms with Crippen molar-refractivity contribution in [2.75, 3.05) is 19.5 Å². The number of rotatable bonds is 7. The fourth-order valence-corrected chi connectivity index (χ4v) is 2.93. The maximum atomic E-state index is 12.5. The Kier molecular flexibility index (Phi) is 6.69. The van der Waals surface area contributed by atoms with Crippen LogP contribution in [0.25, 0.3) is 6.08 Å². The highest BCUT2D eigenvalue weighted by Gasteiger charge is 2.32. The van der Waals surface area contributed by atoms with Gasteiger partial charge in [0.15, 0.2) is 11.4 Å². The number of nitrogens with one attached hydrogen (secondary N) is 1. The quantitative estimate of drug-likeness (QED) is 0.311. The SMILES string of the molecule is CNc1ccc(C(=O)/C(O)=C/c2cc(C)c(OC(C)(C)C(=O)OC)c(C)c2)cc1. The number of ketones is 1. The fourth-order valence-electron chi connectivity index (χ4n) is 2.93. The molecule has 0 spiro atoms. The summed E-state index contributed by atoms with van der Waals surface area (Å²) in [7, 11) is 3.10. The number of methoxy groups -OCH3 is 1. The van der Waals surface area contributed by atoms with E-state index in [2.05, 4.69) is 5.32 Å². The van der Waals surface area contributed by atoms with Gasteiger partial charge in [0.05, 0.1) is 7.11 Å². The summed E-state index contributed by atoms with van der Waals surface area (Å²) >= 11 is 0. The van der Waals surface area contributed by atoms with Crippen LogP contribution in [0.5, 0.6) is 5.75 Å². The molecule has 0 aromatic heterocycles. The van der Waals surface area contributed by atoms with Crippen molar-refractivity contribution >= 4 is 23.5 Å². The molecule has 0 bridgehead atoms. The second-order valence-electron chi connectivity index (χ2n) is 7.27. The van der Waals surface area contributed by atoms with Crippen LogP contribution in [0.4, 0.5) is 5.69 Å². The molecule has 0 unspecified atom stereocenters. The van der Waals surface area contributed by atoms with Crippen LogP contribution >= 0.6 is 0 Å². The molecule has 2 N–H and O–H groups in total. The predicted octanol–water partition coefficient (Wildman–Crippen LogP) is 4.46. The normalized spacial score (nSPS) is 11.7. The van der Waals surface area contributed by atoms with Crippen LogP contribution in [-0.2, 0) is 9.53 Å². The van der Waals surface area contributed by atoms with Crippen LogP contribution in [0, 0.1) is 13.8 Å². The number of aryl methyl sites for hydroxylation is 2. The van der Waals surface area contributed by atoms with Crippen LogP contribution in [0.15, 0.2) is 42.2 Å². The molecule has 154 valence electrons. The third-order valence-electron chi connectivity index (χ3n) is 4.49. The first-order valence-electron chi connectivity index (χ1n) is 9.21. The van der Waals surface area contributed by atoms with E-state index < -0.39 is 17.4 Å². The Morgan fingerprint density at radius 3 is 2.10 bits per heavy atom. The van der Waals surface area contributed by atoms with Crippen molar-refractivity contribution in [1.82, 2.24) is 0 Å². The second kappa shape index (κ2) is 8.82. The van der Waals surface area contributed by atoms with Crippen molar-refractivity contribution in [1.29, 1.82) is 0 Å². The van der Waals surface area contributed by atoms with E-state index in [4.69, 9.17) is 9.47 Å². The minimum atomic E-state index is -1.14. The Morgan fingerprint density at radius 2 is 1.62 bits per heavy atom. The third kappa shape index (κ3) is 5.16. The Morgan fingerprint density at radius 1 is 1.07 bits per heavy atom. The predicted molar refractivity (Wildman–Crippen MR) is 114 cm³/mol. The molecule has 0 aliphatic carbocycles. The number of aliphatic hydroxyl groups excluding tert-OH is 1. The molecule has 0 fully saturated rings. The lowest BCUT2D eigenvalue weighted by atomic mass is 10.0. The maximum absolute atomic E-state index is 12.5. The van der Waals surface area contributed by atoms with E-state index in [1.165, 1.54) is 13.2 Å². The van der Waals surface area contributed by atoms with Gasteiger partial charge in [-0.1, -0.05) is 0 Å². The first kappa shape index (κ1) is 22.0. The molecule has 0 saturated heterocycles. The van der Waals surface area contributed by atoms with Gasteiger partial charge in [-0.2, -0.15) is 0 Å². The minimum absolute atomic E-state index is 0.357. The van der Waals surface area contributed by atoms with Crippen molar-refractivity contribution in [3.05, 3.63) is 64.4 Å². The lowest BCUT2D eigenvalue weighted by Crippen LogP contribution is -2.39. The summed E-state index contributed by atoms with van der Waals surface area (Å²) in [5.74, 6) is -0.737. The Bertz CT molecular complexity index is 919. The van der Waals surface area contributed by atoms with Crippen LogP contribution in [0.1, 0.15) is 40.9 Å². The van der Waals surface area contributed by atoms with E-state index in [-0.39, 0.29) is 5.76 Å². The average molecular weight is 397 g/mol. The van der Waals surface area contributed by atoms with Gasteiger partial charge in [-0.15, -0.1) is 0 Å². The number of Topliss-reactive ketones (excluding diaryl/α,β-unsaturated/α-hetero) is 1. The molecule has 0 aliphatic heterocycles. The van der Waals surface area contributed by atoms with E-state index >= 15 is 0 Å². The summed E-state index contributed by atoms with van der Waals surface area (Å²) in [5, 5.41) is 13.3. The van der Waals surface area contributed by atoms with Crippen LogP contribution < -0.4 is 10.1 Å². The molecule has 2 rings (SSSR count). The first-order chi connectivity index (χ1) is 13.6. The molecular formula is C23H27NO5. The molecular weight excluding hydrogens is 370 g/mol. The molecule has 0 saturated carbocycles. The van der Waals surface area contributed by atoms with Crippen molar-refractivity contribution in [3.8, 4) is 5.75 Å². The van der Waals surface area contributed by atoms with Gasteiger partial charge in [0.25, 0.3) is 0 Å². The zero-order valence-corrected chi connectivity index (χ0v) is 17.6. The molecule has 0 aliphatic rings. The summed E-state index contributed by atoms with van der Waals surface area (Å²) in [6.45, 7) is 6.94. The lowest BCUT2D eigenvalue weighted by molar-refractivity contribution is -0.156. The average Bonchev–Trinajstić information content (AvgIpc) is 2.69. The monoisotopic (exact) mass is 397 g/mol. The molecule has 6 heteroatoms. The van der Waals surface area contributed by atoms with Crippen molar-refractivity contribution < 1.29 is 24.2 Å². The standard InChI is InChI=1S/C23H27NO5/c1-14-11-16(12-15(2)21(14)29-23(3,4)22(27)28-6)13-19(25)20(26)17-7-9-18(24-5)10-8-17/h7-13,24-25H,1-6H3/b19-13-.